The zero-order chi connectivity index (χ0) is 9.52. The van der Waals surface area contributed by atoms with Crippen molar-refractivity contribution in [3.05, 3.63) is 35.9 Å². The maximum Gasteiger partial charge on any atom is 0.311 e. The van der Waals surface area contributed by atoms with Crippen LogP contribution in [0, 0.1) is 12.3 Å². The molecule has 1 aromatic rings. The first-order valence-corrected chi connectivity index (χ1v) is 3.96. The molecule has 1 rings (SSSR count). The maximum absolute atomic E-state index is 11.1. The second-order valence-electron chi connectivity index (χ2n) is 2.53. The summed E-state index contributed by atoms with van der Waals surface area (Å²) in [5, 5.41) is 0. The van der Waals surface area contributed by atoms with Gasteiger partial charge in [-0.3, -0.25) is 4.79 Å². The zero-order valence-corrected chi connectivity index (χ0v) is 7.19. The molecule has 0 aliphatic carbocycles. The largest absolute Gasteiger partial charge is 0.452 e. The van der Waals surface area contributed by atoms with E-state index in [1.165, 1.54) is 0 Å². The van der Waals surface area contributed by atoms with Gasteiger partial charge in [0.05, 0.1) is 6.42 Å². The van der Waals surface area contributed by atoms with Crippen LogP contribution in [0.25, 0.3) is 0 Å². The number of carbonyl (C=O) groups excluding carboxylic acids is 1. The van der Waals surface area contributed by atoms with Gasteiger partial charge in [0.1, 0.15) is 0 Å². The van der Waals surface area contributed by atoms with Crippen LogP contribution in [0.5, 0.6) is 0 Å². The van der Waals surface area contributed by atoms with Crippen molar-refractivity contribution in [2.45, 2.75) is 6.42 Å². The molecule has 0 fully saturated rings. The van der Waals surface area contributed by atoms with Crippen LogP contribution in [0.3, 0.4) is 0 Å². The van der Waals surface area contributed by atoms with Gasteiger partial charge < -0.3 is 4.74 Å². The van der Waals surface area contributed by atoms with E-state index in [4.69, 9.17) is 11.2 Å². The summed E-state index contributed by atoms with van der Waals surface area (Å²) in [5.41, 5.74) is 0.935. The molecule has 66 valence electrons. The van der Waals surface area contributed by atoms with E-state index in [0.29, 0.717) is 0 Å². The highest BCUT2D eigenvalue weighted by Crippen LogP contribution is 2.00. The lowest BCUT2D eigenvalue weighted by Crippen LogP contribution is -2.07. The van der Waals surface area contributed by atoms with E-state index in [1.807, 2.05) is 30.3 Å². The standard InChI is InChI=1S/C11H10O2/c1-2-8-13-11(12)9-10-6-4-3-5-7-10/h1,3-7H,8-9H2. The highest BCUT2D eigenvalue weighted by molar-refractivity contribution is 5.72. The van der Waals surface area contributed by atoms with Crippen LogP contribution in [0.2, 0.25) is 0 Å². The van der Waals surface area contributed by atoms with Gasteiger partial charge in [0, 0.05) is 0 Å². The zero-order valence-electron chi connectivity index (χ0n) is 7.19. The number of terminal acetylenes is 1. The summed E-state index contributed by atoms with van der Waals surface area (Å²) in [6.45, 7) is 0.0473. The number of esters is 1. The number of ether oxygens (including phenoxy) is 1. The minimum atomic E-state index is -0.288. The van der Waals surface area contributed by atoms with Crippen LogP contribution in [0.4, 0.5) is 0 Å². The fourth-order valence-electron chi connectivity index (χ4n) is 0.936. The molecule has 1 aromatic carbocycles. The number of rotatable bonds is 3. The summed E-state index contributed by atoms with van der Waals surface area (Å²) in [7, 11) is 0. The van der Waals surface area contributed by atoms with Gasteiger partial charge >= 0.3 is 5.97 Å². The lowest BCUT2D eigenvalue weighted by Gasteiger charge is -2.00. The molecule has 0 N–H and O–H groups in total. The third-order valence-electron chi connectivity index (χ3n) is 1.51. The van der Waals surface area contributed by atoms with E-state index in [9.17, 15) is 4.79 Å². The second kappa shape index (κ2) is 5.00. The van der Waals surface area contributed by atoms with Crippen molar-refractivity contribution in [3.63, 3.8) is 0 Å². The average Bonchev–Trinajstić information content (AvgIpc) is 2.16. The summed E-state index contributed by atoms with van der Waals surface area (Å²) in [4.78, 5) is 11.1. The van der Waals surface area contributed by atoms with Crippen molar-refractivity contribution in [1.29, 1.82) is 0 Å². The SMILES string of the molecule is C#CCOC(=O)Cc1ccccc1. The van der Waals surface area contributed by atoms with Gasteiger partial charge in [-0.25, -0.2) is 0 Å². The van der Waals surface area contributed by atoms with Crippen LogP contribution < -0.4 is 0 Å². The van der Waals surface area contributed by atoms with Crippen LogP contribution in [-0.4, -0.2) is 12.6 Å². The minimum absolute atomic E-state index is 0.0473. The molecule has 0 unspecified atom stereocenters. The molecule has 13 heavy (non-hydrogen) atoms. The molecule has 2 heteroatoms. The number of carbonyl (C=O) groups is 1. The van der Waals surface area contributed by atoms with Crippen LogP contribution in [-0.2, 0) is 16.0 Å². The van der Waals surface area contributed by atoms with Gasteiger partial charge in [-0.1, -0.05) is 36.3 Å². The lowest BCUT2D eigenvalue weighted by atomic mass is 10.2. The molecule has 0 atom stereocenters. The summed E-state index contributed by atoms with van der Waals surface area (Å²) in [5.74, 6) is 1.95. The van der Waals surface area contributed by atoms with Gasteiger partial charge in [-0.15, -0.1) is 6.42 Å². The molecule has 0 spiro atoms. The topological polar surface area (TPSA) is 26.3 Å². The van der Waals surface area contributed by atoms with E-state index in [-0.39, 0.29) is 19.0 Å². The third kappa shape index (κ3) is 3.44. The van der Waals surface area contributed by atoms with Crippen molar-refractivity contribution in [2.24, 2.45) is 0 Å². The summed E-state index contributed by atoms with van der Waals surface area (Å²) in [6.07, 6.45) is 5.22. The Balaban J connectivity index is 2.42. The smallest absolute Gasteiger partial charge is 0.311 e. The Hall–Kier alpha value is -1.75. The Morgan fingerprint density at radius 2 is 2.08 bits per heavy atom. The summed E-state index contributed by atoms with van der Waals surface area (Å²) < 4.78 is 4.72. The molecule has 0 bridgehead atoms. The molecule has 0 amide bonds. The second-order valence-corrected chi connectivity index (χ2v) is 2.53. The normalized spacial score (nSPS) is 8.85. The molecular formula is C11H10O2. The molecule has 0 aromatic heterocycles. The fourth-order valence-corrected chi connectivity index (χ4v) is 0.936. The Labute approximate surface area is 77.5 Å². The Morgan fingerprint density at radius 3 is 2.69 bits per heavy atom. The first-order valence-electron chi connectivity index (χ1n) is 3.96. The first-order chi connectivity index (χ1) is 6.33. The molecule has 0 saturated heterocycles. The molecule has 2 nitrogen and oxygen atoms in total. The van der Waals surface area contributed by atoms with E-state index < -0.39 is 0 Å². The number of benzene rings is 1. The van der Waals surface area contributed by atoms with Crippen molar-refractivity contribution >= 4 is 5.97 Å². The van der Waals surface area contributed by atoms with E-state index in [0.717, 1.165) is 5.56 Å². The van der Waals surface area contributed by atoms with E-state index in [1.54, 1.807) is 0 Å². The molecule has 0 saturated carbocycles. The Kier molecular flexibility index (Phi) is 3.59. The van der Waals surface area contributed by atoms with Crippen molar-refractivity contribution in [3.8, 4) is 12.3 Å². The van der Waals surface area contributed by atoms with Gasteiger partial charge in [-0.05, 0) is 5.56 Å². The van der Waals surface area contributed by atoms with Gasteiger partial charge in [0.15, 0.2) is 6.61 Å². The predicted molar refractivity (Wildman–Crippen MR) is 49.9 cm³/mol. The highest BCUT2D eigenvalue weighted by Gasteiger charge is 2.02. The van der Waals surface area contributed by atoms with Crippen LogP contribution in [0.15, 0.2) is 30.3 Å². The van der Waals surface area contributed by atoms with Gasteiger partial charge in [0.2, 0.25) is 0 Å². The monoisotopic (exact) mass is 174 g/mol. The van der Waals surface area contributed by atoms with Gasteiger partial charge in [-0.2, -0.15) is 0 Å². The summed E-state index contributed by atoms with van der Waals surface area (Å²) in [6, 6.07) is 9.40. The Morgan fingerprint density at radius 1 is 1.38 bits per heavy atom. The Bertz CT molecular complexity index is 309. The first kappa shape index (κ1) is 9.34. The summed E-state index contributed by atoms with van der Waals surface area (Å²) >= 11 is 0. The fraction of sp³-hybridized carbons (Fsp3) is 0.182. The predicted octanol–water partition coefficient (Wildman–Crippen LogP) is 1.41. The average molecular weight is 174 g/mol. The molecular weight excluding hydrogens is 164 g/mol. The van der Waals surface area contributed by atoms with E-state index in [2.05, 4.69) is 5.92 Å². The number of hydrogen-bond acceptors (Lipinski definition) is 2. The maximum atomic E-state index is 11.1. The van der Waals surface area contributed by atoms with Crippen molar-refractivity contribution in [1.82, 2.24) is 0 Å². The molecule has 0 aliphatic rings. The van der Waals surface area contributed by atoms with Crippen molar-refractivity contribution < 1.29 is 9.53 Å². The van der Waals surface area contributed by atoms with Crippen molar-refractivity contribution in [2.75, 3.05) is 6.61 Å². The highest BCUT2D eigenvalue weighted by atomic mass is 16.5. The number of hydrogen-bond donors (Lipinski definition) is 0. The third-order valence-corrected chi connectivity index (χ3v) is 1.51. The molecule has 0 heterocycles. The van der Waals surface area contributed by atoms with Crippen LogP contribution >= 0.6 is 0 Å². The molecule has 0 aliphatic heterocycles. The quantitative estimate of drug-likeness (QED) is 0.511. The van der Waals surface area contributed by atoms with Gasteiger partial charge in [0.25, 0.3) is 0 Å². The lowest BCUT2D eigenvalue weighted by molar-refractivity contribution is -0.141. The molecule has 0 radical (unpaired) electrons. The van der Waals surface area contributed by atoms with E-state index >= 15 is 0 Å². The minimum Gasteiger partial charge on any atom is -0.452 e. The van der Waals surface area contributed by atoms with Crippen LogP contribution in [0.1, 0.15) is 5.56 Å².